The molecule has 0 bridgehead atoms. The molecule has 0 saturated heterocycles. The van der Waals surface area contributed by atoms with Crippen molar-refractivity contribution in [3.05, 3.63) is 29.8 Å². The maximum atomic E-state index is 12.1. The van der Waals surface area contributed by atoms with Gasteiger partial charge in [0.25, 0.3) is 0 Å². The number of anilines is 1. The Labute approximate surface area is 103 Å². The smallest absolute Gasteiger partial charge is 0.225 e. The van der Waals surface area contributed by atoms with Gasteiger partial charge in [-0.15, -0.1) is 0 Å². The van der Waals surface area contributed by atoms with E-state index in [0.717, 1.165) is 11.3 Å². The van der Waals surface area contributed by atoms with Gasteiger partial charge in [-0.2, -0.15) is 0 Å². The second-order valence-electron chi connectivity index (χ2n) is 5.07. The molecule has 0 heterocycles. The van der Waals surface area contributed by atoms with Gasteiger partial charge in [-0.3, -0.25) is 4.79 Å². The van der Waals surface area contributed by atoms with E-state index in [4.69, 9.17) is 5.73 Å². The zero-order valence-corrected chi connectivity index (χ0v) is 10.5. The molecule has 1 aromatic carbocycles. The molecule has 1 atom stereocenters. The highest BCUT2D eigenvalue weighted by atomic mass is 16.2. The Balaban J connectivity index is 1.96. The van der Waals surface area contributed by atoms with E-state index in [1.54, 1.807) is 4.90 Å². The molecule has 2 N–H and O–H groups in total. The van der Waals surface area contributed by atoms with Gasteiger partial charge in [0.15, 0.2) is 0 Å². The number of carbonyl (C=O) groups excluding carboxylic acids is 1. The Morgan fingerprint density at radius 1 is 1.53 bits per heavy atom. The van der Waals surface area contributed by atoms with Crippen molar-refractivity contribution in [2.75, 3.05) is 12.8 Å². The monoisotopic (exact) mass is 232 g/mol. The molecule has 2 rings (SSSR count). The first kappa shape index (κ1) is 12.0. The van der Waals surface area contributed by atoms with Crippen LogP contribution in [-0.2, 0) is 11.3 Å². The minimum atomic E-state index is 0.168. The largest absolute Gasteiger partial charge is 0.399 e. The highest BCUT2D eigenvalue weighted by Gasteiger charge is 2.33. The van der Waals surface area contributed by atoms with Crippen LogP contribution in [0.25, 0.3) is 0 Å². The van der Waals surface area contributed by atoms with Crippen molar-refractivity contribution in [3.8, 4) is 0 Å². The summed E-state index contributed by atoms with van der Waals surface area (Å²) in [6, 6.07) is 7.71. The van der Waals surface area contributed by atoms with Crippen LogP contribution in [0.15, 0.2) is 24.3 Å². The van der Waals surface area contributed by atoms with Crippen LogP contribution in [-0.4, -0.2) is 17.9 Å². The third-order valence-electron chi connectivity index (χ3n) is 3.47. The fourth-order valence-corrected chi connectivity index (χ4v) is 2.19. The Bertz CT molecular complexity index is 412. The summed E-state index contributed by atoms with van der Waals surface area (Å²) in [6.07, 6.45) is 2.41. The molecule has 92 valence electrons. The van der Waals surface area contributed by atoms with Crippen LogP contribution in [0.4, 0.5) is 5.69 Å². The summed E-state index contributed by atoms with van der Waals surface area (Å²) in [5.41, 5.74) is 7.56. The van der Waals surface area contributed by atoms with Crippen LogP contribution < -0.4 is 5.73 Å². The molecular formula is C14H20N2O. The standard InChI is InChI=1S/C14H20N2O/c1-10(12-6-7-12)14(17)16(2)9-11-4-3-5-13(15)8-11/h3-5,8,10,12H,6-7,9,15H2,1-2H3. The van der Waals surface area contributed by atoms with Gasteiger partial charge in [0.2, 0.25) is 5.91 Å². The number of nitrogens with zero attached hydrogens (tertiary/aromatic N) is 1. The maximum Gasteiger partial charge on any atom is 0.225 e. The molecule has 0 aromatic heterocycles. The number of rotatable bonds is 4. The van der Waals surface area contributed by atoms with E-state index in [0.29, 0.717) is 12.5 Å². The van der Waals surface area contributed by atoms with Gasteiger partial charge in [0.1, 0.15) is 0 Å². The van der Waals surface area contributed by atoms with Crippen molar-refractivity contribution in [2.24, 2.45) is 11.8 Å². The van der Waals surface area contributed by atoms with Gasteiger partial charge >= 0.3 is 0 Å². The fourth-order valence-electron chi connectivity index (χ4n) is 2.19. The zero-order chi connectivity index (χ0) is 12.4. The minimum absolute atomic E-state index is 0.168. The van der Waals surface area contributed by atoms with Gasteiger partial charge in [0, 0.05) is 25.2 Å². The lowest BCUT2D eigenvalue weighted by molar-refractivity contribution is -0.134. The summed E-state index contributed by atoms with van der Waals surface area (Å²) in [6.45, 7) is 2.68. The first-order valence-electron chi connectivity index (χ1n) is 6.17. The van der Waals surface area contributed by atoms with Crippen molar-refractivity contribution in [1.82, 2.24) is 4.90 Å². The molecule has 17 heavy (non-hydrogen) atoms. The SMILES string of the molecule is CC(C(=O)N(C)Cc1cccc(N)c1)C1CC1. The van der Waals surface area contributed by atoms with E-state index >= 15 is 0 Å². The van der Waals surface area contributed by atoms with E-state index in [9.17, 15) is 4.79 Å². The second kappa shape index (κ2) is 4.78. The first-order valence-corrected chi connectivity index (χ1v) is 6.17. The summed E-state index contributed by atoms with van der Waals surface area (Å²) >= 11 is 0. The van der Waals surface area contributed by atoms with Gasteiger partial charge < -0.3 is 10.6 Å². The fraction of sp³-hybridized carbons (Fsp3) is 0.500. The van der Waals surface area contributed by atoms with Gasteiger partial charge in [-0.25, -0.2) is 0 Å². The molecule has 1 amide bonds. The second-order valence-corrected chi connectivity index (χ2v) is 5.07. The highest BCUT2D eigenvalue weighted by molar-refractivity contribution is 5.78. The number of carbonyl (C=O) groups is 1. The molecule has 1 aliphatic rings. The number of nitrogens with two attached hydrogens (primary N) is 1. The van der Waals surface area contributed by atoms with Crippen LogP contribution in [0.1, 0.15) is 25.3 Å². The molecular weight excluding hydrogens is 212 g/mol. The summed E-state index contributed by atoms with van der Waals surface area (Å²) in [4.78, 5) is 13.9. The average Bonchev–Trinajstić information content (AvgIpc) is 3.11. The van der Waals surface area contributed by atoms with Crippen LogP contribution in [0, 0.1) is 11.8 Å². The molecule has 1 aromatic rings. The first-order chi connectivity index (χ1) is 8.08. The molecule has 3 heteroatoms. The number of hydrogen-bond donors (Lipinski definition) is 1. The molecule has 1 saturated carbocycles. The molecule has 0 radical (unpaired) electrons. The van der Waals surface area contributed by atoms with Crippen LogP contribution in [0.3, 0.4) is 0 Å². The van der Waals surface area contributed by atoms with Crippen LogP contribution >= 0.6 is 0 Å². The summed E-state index contributed by atoms with van der Waals surface area (Å²) in [5.74, 6) is 1.03. The summed E-state index contributed by atoms with van der Waals surface area (Å²) in [7, 11) is 1.87. The molecule has 1 unspecified atom stereocenters. The van der Waals surface area contributed by atoms with Crippen molar-refractivity contribution >= 4 is 11.6 Å². The van der Waals surface area contributed by atoms with E-state index in [1.807, 2.05) is 38.2 Å². The van der Waals surface area contributed by atoms with E-state index in [1.165, 1.54) is 12.8 Å². The van der Waals surface area contributed by atoms with Crippen molar-refractivity contribution in [2.45, 2.75) is 26.3 Å². The zero-order valence-electron chi connectivity index (χ0n) is 10.5. The van der Waals surface area contributed by atoms with Crippen molar-refractivity contribution in [3.63, 3.8) is 0 Å². The molecule has 1 fully saturated rings. The van der Waals surface area contributed by atoms with Gasteiger partial charge in [-0.05, 0) is 36.5 Å². The van der Waals surface area contributed by atoms with E-state index in [2.05, 4.69) is 0 Å². The summed E-state index contributed by atoms with van der Waals surface area (Å²) in [5, 5.41) is 0. The lowest BCUT2D eigenvalue weighted by atomic mass is 10.0. The Hall–Kier alpha value is -1.51. The van der Waals surface area contributed by atoms with E-state index < -0.39 is 0 Å². The minimum Gasteiger partial charge on any atom is -0.399 e. The normalized spacial score (nSPS) is 16.6. The Morgan fingerprint density at radius 3 is 2.82 bits per heavy atom. The molecule has 3 nitrogen and oxygen atoms in total. The summed E-state index contributed by atoms with van der Waals surface area (Å²) < 4.78 is 0. The topological polar surface area (TPSA) is 46.3 Å². The number of hydrogen-bond acceptors (Lipinski definition) is 2. The van der Waals surface area contributed by atoms with Gasteiger partial charge in [-0.1, -0.05) is 19.1 Å². The molecule has 0 aliphatic heterocycles. The number of amides is 1. The predicted octanol–water partition coefficient (Wildman–Crippen LogP) is 2.27. The lowest BCUT2D eigenvalue weighted by Crippen LogP contribution is -2.32. The quantitative estimate of drug-likeness (QED) is 0.809. The molecule has 0 spiro atoms. The number of nitrogen functional groups attached to an aromatic ring is 1. The third kappa shape index (κ3) is 2.99. The lowest BCUT2D eigenvalue weighted by Gasteiger charge is -2.21. The van der Waals surface area contributed by atoms with Crippen molar-refractivity contribution in [1.29, 1.82) is 0 Å². The van der Waals surface area contributed by atoms with Gasteiger partial charge in [0.05, 0.1) is 0 Å². The van der Waals surface area contributed by atoms with Crippen LogP contribution in [0.5, 0.6) is 0 Å². The average molecular weight is 232 g/mol. The Kier molecular flexibility index (Phi) is 3.36. The number of benzene rings is 1. The van der Waals surface area contributed by atoms with E-state index in [-0.39, 0.29) is 11.8 Å². The molecule has 1 aliphatic carbocycles. The predicted molar refractivity (Wildman–Crippen MR) is 69.2 cm³/mol. The maximum absolute atomic E-state index is 12.1. The highest BCUT2D eigenvalue weighted by Crippen LogP contribution is 2.37. The third-order valence-corrected chi connectivity index (χ3v) is 3.47. The Morgan fingerprint density at radius 2 is 2.24 bits per heavy atom. The van der Waals surface area contributed by atoms with Crippen molar-refractivity contribution < 1.29 is 4.79 Å². The van der Waals surface area contributed by atoms with Crippen LogP contribution in [0.2, 0.25) is 0 Å².